The number of hydrogen-bond acceptors (Lipinski definition) is 3. The highest BCUT2D eigenvalue weighted by molar-refractivity contribution is 9.10. The Hall–Kier alpha value is -1.53. The van der Waals surface area contributed by atoms with Gasteiger partial charge in [-0.3, -0.25) is 0 Å². The van der Waals surface area contributed by atoms with Crippen molar-refractivity contribution >= 4 is 21.7 Å². The lowest BCUT2D eigenvalue weighted by atomic mass is 9.99. The van der Waals surface area contributed by atoms with Gasteiger partial charge in [-0.2, -0.15) is 0 Å². The zero-order valence-electron chi connectivity index (χ0n) is 10.1. The Bertz CT molecular complexity index is 604. The van der Waals surface area contributed by atoms with Crippen LogP contribution in [0.1, 0.15) is 17.2 Å². The third kappa shape index (κ3) is 2.59. The number of nitrogens with one attached hydrogen (secondary N) is 1. The van der Waals surface area contributed by atoms with Crippen molar-refractivity contribution in [3.63, 3.8) is 0 Å². The quantitative estimate of drug-likeness (QED) is 0.852. The number of rotatable bonds is 3. The molecule has 19 heavy (non-hydrogen) atoms. The van der Waals surface area contributed by atoms with E-state index < -0.39 is 11.6 Å². The molecule has 2 rings (SSSR count). The maximum atomic E-state index is 13.6. The zero-order chi connectivity index (χ0) is 14.0. The summed E-state index contributed by atoms with van der Waals surface area (Å²) in [7, 11) is 1.71. The van der Waals surface area contributed by atoms with Gasteiger partial charge in [0.05, 0.1) is 10.5 Å². The molecule has 3 nitrogen and oxygen atoms in total. The van der Waals surface area contributed by atoms with Crippen LogP contribution in [0.5, 0.6) is 0 Å². The van der Waals surface area contributed by atoms with Crippen molar-refractivity contribution in [2.45, 2.75) is 6.04 Å². The lowest BCUT2D eigenvalue weighted by molar-refractivity contribution is 0.499. The van der Waals surface area contributed by atoms with Crippen molar-refractivity contribution in [2.75, 3.05) is 12.8 Å². The van der Waals surface area contributed by atoms with E-state index in [0.29, 0.717) is 16.9 Å². The highest BCUT2D eigenvalue weighted by Gasteiger charge is 2.21. The number of pyridine rings is 1. The van der Waals surface area contributed by atoms with E-state index in [9.17, 15) is 8.78 Å². The Morgan fingerprint density at radius 3 is 2.63 bits per heavy atom. The topological polar surface area (TPSA) is 50.9 Å². The second-order valence-electron chi connectivity index (χ2n) is 3.96. The van der Waals surface area contributed by atoms with Gasteiger partial charge < -0.3 is 11.1 Å². The molecule has 0 fully saturated rings. The van der Waals surface area contributed by atoms with Gasteiger partial charge in [0.15, 0.2) is 11.6 Å². The molecular formula is C13H12BrF2N3. The Morgan fingerprint density at radius 2 is 2.00 bits per heavy atom. The van der Waals surface area contributed by atoms with E-state index in [-0.39, 0.29) is 10.5 Å². The SMILES string of the molecule is CNC(c1cccnc1N)c1ccc(F)c(F)c1Br. The van der Waals surface area contributed by atoms with Gasteiger partial charge in [-0.25, -0.2) is 13.8 Å². The fourth-order valence-corrected chi connectivity index (χ4v) is 2.47. The molecule has 0 bridgehead atoms. The van der Waals surface area contributed by atoms with Gasteiger partial charge in [0.2, 0.25) is 0 Å². The van der Waals surface area contributed by atoms with Gasteiger partial charge in [-0.05, 0) is 40.7 Å². The molecule has 0 saturated heterocycles. The second-order valence-corrected chi connectivity index (χ2v) is 4.76. The third-order valence-corrected chi connectivity index (χ3v) is 3.65. The summed E-state index contributed by atoms with van der Waals surface area (Å²) in [5.41, 5.74) is 7.08. The second kappa shape index (κ2) is 5.63. The number of nitrogens with zero attached hydrogens (tertiary/aromatic N) is 1. The van der Waals surface area contributed by atoms with Gasteiger partial charge in [0.25, 0.3) is 0 Å². The molecule has 0 amide bonds. The fourth-order valence-electron chi connectivity index (χ4n) is 1.92. The maximum Gasteiger partial charge on any atom is 0.173 e. The molecule has 100 valence electrons. The first kappa shape index (κ1) is 13.9. The van der Waals surface area contributed by atoms with Crippen molar-refractivity contribution in [1.82, 2.24) is 10.3 Å². The third-order valence-electron chi connectivity index (χ3n) is 2.85. The van der Waals surface area contributed by atoms with Crippen LogP contribution in [-0.2, 0) is 0 Å². The lowest BCUT2D eigenvalue weighted by Crippen LogP contribution is -2.20. The highest BCUT2D eigenvalue weighted by Crippen LogP contribution is 2.32. The molecule has 3 N–H and O–H groups in total. The normalized spacial score (nSPS) is 12.4. The van der Waals surface area contributed by atoms with Crippen LogP contribution in [0.2, 0.25) is 0 Å². The molecule has 1 atom stereocenters. The van der Waals surface area contributed by atoms with Crippen LogP contribution in [0.15, 0.2) is 34.9 Å². The first-order chi connectivity index (χ1) is 9.06. The summed E-state index contributed by atoms with van der Waals surface area (Å²) in [5.74, 6) is -1.47. The van der Waals surface area contributed by atoms with E-state index in [1.165, 1.54) is 6.07 Å². The van der Waals surface area contributed by atoms with Crippen LogP contribution >= 0.6 is 15.9 Å². The smallest absolute Gasteiger partial charge is 0.173 e. The Morgan fingerprint density at radius 1 is 1.26 bits per heavy atom. The predicted molar refractivity (Wildman–Crippen MR) is 73.6 cm³/mol. The van der Waals surface area contributed by atoms with E-state index in [2.05, 4.69) is 26.2 Å². The molecular weight excluding hydrogens is 316 g/mol. The molecule has 2 aromatic rings. The van der Waals surface area contributed by atoms with Crippen LogP contribution in [0.25, 0.3) is 0 Å². The largest absolute Gasteiger partial charge is 0.383 e. The van der Waals surface area contributed by atoms with Crippen molar-refractivity contribution in [2.24, 2.45) is 0 Å². The molecule has 0 radical (unpaired) electrons. The van der Waals surface area contributed by atoms with Gasteiger partial charge in [-0.15, -0.1) is 0 Å². The minimum atomic E-state index is -0.916. The van der Waals surface area contributed by atoms with Crippen LogP contribution in [-0.4, -0.2) is 12.0 Å². The summed E-state index contributed by atoms with van der Waals surface area (Å²) >= 11 is 3.08. The van der Waals surface area contributed by atoms with Crippen molar-refractivity contribution in [3.05, 3.63) is 57.7 Å². The summed E-state index contributed by atoms with van der Waals surface area (Å²) in [4.78, 5) is 4.00. The minimum absolute atomic E-state index is 0.0788. The molecule has 6 heteroatoms. The number of hydrogen-bond donors (Lipinski definition) is 2. The minimum Gasteiger partial charge on any atom is -0.383 e. The molecule has 0 aliphatic carbocycles. The Balaban J connectivity index is 2.55. The molecule has 1 aromatic carbocycles. The van der Waals surface area contributed by atoms with E-state index in [1.54, 1.807) is 25.4 Å². The van der Waals surface area contributed by atoms with Gasteiger partial charge >= 0.3 is 0 Å². The Kier molecular flexibility index (Phi) is 4.11. The van der Waals surface area contributed by atoms with E-state index in [0.717, 1.165) is 6.07 Å². The van der Waals surface area contributed by atoms with Crippen LogP contribution in [0.3, 0.4) is 0 Å². The average molecular weight is 328 g/mol. The molecule has 0 saturated carbocycles. The van der Waals surface area contributed by atoms with Crippen LogP contribution < -0.4 is 11.1 Å². The van der Waals surface area contributed by atoms with Gasteiger partial charge in [0.1, 0.15) is 5.82 Å². The number of nitrogen functional groups attached to an aromatic ring is 1. The molecule has 1 aromatic heterocycles. The van der Waals surface area contributed by atoms with E-state index in [1.807, 2.05) is 0 Å². The molecule has 0 aliphatic heterocycles. The molecule has 0 aliphatic rings. The standard InChI is InChI=1S/C13H12BrF2N3/c1-18-12(8-3-2-6-19-13(8)17)7-4-5-9(15)11(16)10(7)14/h2-6,12,18H,1H3,(H2,17,19). The van der Waals surface area contributed by atoms with E-state index >= 15 is 0 Å². The van der Waals surface area contributed by atoms with Crippen molar-refractivity contribution in [1.29, 1.82) is 0 Å². The van der Waals surface area contributed by atoms with E-state index in [4.69, 9.17) is 5.73 Å². The number of anilines is 1. The Labute approximate surface area is 118 Å². The number of halogens is 3. The number of aromatic nitrogens is 1. The summed E-state index contributed by atoms with van der Waals surface area (Å²) in [6.45, 7) is 0. The van der Waals surface area contributed by atoms with Gasteiger partial charge in [0, 0.05) is 11.8 Å². The number of benzene rings is 1. The first-order valence-corrected chi connectivity index (χ1v) is 6.36. The molecule has 1 heterocycles. The first-order valence-electron chi connectivity index (χ1n) is 5.57. The molecule has 0 spiro atoms. The summed E-state index contributed by atoms with van der Waals surface area (Å²) in [6.07, 6.45) is 1.58. The predicted octanol–water partition coefficient (Wildman–Crippen LogP) is 3.01. The van der Waals surface area contributed by atoms with Crippen molar-refractivity contribution in [3.8, 4) is 0 Å². The van der Waals surface area contributed by atoms with Crippen LogP contribution in [0.4, 0.5) is 14.6 Å². The molecule has 1 unspecified atom stereocenters. The summed E-state index contributed by atoms with van der Waals surface area (Å²) < 4.78 is 26.8. The fraction of sp³-hybridized carbons (Fsp3) is 0.154. The lowest BCUT2D eigenvalue weighted by Gasteiger charge is -2.20. The van der Waals surface area contributed by atoms with Crippen molar-refractivity contribution < 1.29 is 8.78 Å². The monoisotopic (exact) mass is 327 g/mol. The van der Waals surface area contributed by atoms with Gasteiger partial charge in [-0.1, -0.05) is 12.1 Å². The summed E-state index contributed by atoms with van der Waals surface area (Å²) in [6, 6.07) is 5.75. The maximum absolute atomic E-state index is 13.6. The zero-order valence-corrected chi connectivity index (χ0v) is 11.7. The highest BCUT2D eigenvalue weighted by atomic mass is 79.9. The van der Waals surface area contributed by atoms with Crippen LogP contribution in [0, 0.1) is 11.6 Å². The average Bonchev–Trinajstić information content (AvgIpc) is 2.41. The summed E-state index contributed by atoms with van der Waals surface area (Å²) in [5, 5.41) is 3.02. The number of nitrogens with two attached hydrogens (primary N) is 1.